The van der Waals surface area contributed by atoms with Crippen LogP contribution in [0.4, 0.5) is 0 Å². The molecule has 0 saturated carbocycles. The third kappa shape index (κ3) is 7.58. The molecule has 193 valence electrons. The minimum absolute atomic E-state index is 0.639. The molecule has 0 fully saturated rings. The number of hydrogen-bond acceptors (Lipinski definition) is 0. The van der Waals surface area contributed by atoms with Gasteiger partial charge >= 0.3 is 0 Å². The van der Waals surface area contributed by atoms with Crippen LogP contribution in [0.5, 0.6) is 0 Å². The molecule has 0 amide bonds. The highest BCUT2D eigenvalue weighted by Crippen LogP contribution is 2.26. The van der Waals surface area contributed by atoms with Gasteiger partial charge in [0.15, 0.2) is 0 Å². The Morgan fingerprint density at radius 3 is 1.28 bits per heavy atom. The number of unbranched alkanes of at least 4 members (excludes halogenated alkanes) is 1. The second kappa shape index (κ2) is 12.8. The summed E-state index contributed by atoms with van der Waals surface area (Å²) < 4.78 is 0. The fourth-order valence-corrected chi connectivity index (χ4v) is 5.62. The molecule has 3 aromatic carbocycles. The Morgan fingerprint density at radius 1 is 0.500 bits per heavy atom. The van der Waals surface area contributed by atoms with Crippen LogP contribution in [0.3, 0.4) is 0 Å². The molecule has 0 N–H and O–H groups in total. The maximum atomic E-state index is 2.64. The van der Waals surface area contributed by atoms with Gasteiger partial charge in [0.05, 0.1) is 0 Å². The van der Waals surface area contributed by atoms with E-state index >= 15 is 0 Å². The Labute approximate surface area is 222 Å². The maximum Gasteiger partial charge on any atom is -0.0247 e. The first-order valence-corrected chi connectivity index (χ1v) is 14.1. The smallest absolute Gasteiger partial charge is 0.0247 e. The lowest BCUT2D eigenvalue weighted by Crippen LogP contribution is -2.08. The molecule has 1 unspecified atom stereocenters. The van der Waals surface area contributed by atoms with Gasteiger partial charge in [0.1, 0.15) is 0 Å². The fourth-order valence-electron chi connectivity index (χ4n) is 5.62. The molecule has 1 radical (unpaired) electrons. The Kier molecular flexibility index (Phi) is 10.0. The van der Waals surface area contributed by atoms with Gasteiger partial charge in [0.25, 0.3) is 0 Å². The summed E-state index contributed by atoms with van der Waals surface area (Å²) in [5.41, 5.74) is 17.4. The lowest BCUT2D eigenvalue weighted by Gasteiger charge is -2.19. The molecule has 1 atom stereocenters. The van der Waals surface area contributed by atoms with Crippen LogP contribution in [-0.2, 0) is 19.3 Å². The van der Waals surface area contributed by atoms with E-state index in [-0.39, 0.29) is 0 Å². The van der Waals surface area contributed by atoms with E-state index in [1.807, 2.05) is 0 Å². The lowest BCUT2D eigenvalue weighted by molar-refractivity contribution is 0.503. The van der Waals surface area contributed by atoms with Crippen molar-refractivity contribution in [2.24, 2.45) is 5.92 Å². The monoisotopic (exact) mass is 481 g/mol. The van der Waals surface area contributed by atoms with Gasteiger partial charge < -0.3 is 0 Å². The highest BCUT2D eigenvalue weighted by Gasteiger charge is 2.13. The zero-order valence-electron chi connectivity index (χ0n) is 24.6. The van der Waals surface area contributed by atoms with Crippen LogP contribution in [0.15, 0.2) is 36.4 Å². The van der Waals surface area contributed by atoms with E-state index in [1.165, 1.54) is 105 Å². The van der Waals surface area contributed by atoms with Crippen LogP contribution in [0.1, 0.15) is 92.4 Å². The van der Waals surface area contributed by atoms with E-state index in [0.717, 1.165) is 6.42 Å². The number of rotatable bonds is 11. The van der Waals surface area contributed by atoms with Crippen LogP contribution < -0.4 is 0 Å². The van der Waals surface area contributed by atoms with E-state index in [2.05, 4.69) is 105 Å². The first-order valence-electron chi connectivity index (χ1n) is 14.1. The second-order valence-corrected chi connectivity index (χ2v) is 11.5. The molecule has 0 bridgehead atoms. The van der Waals surface area contributed by atoms with Gasteiger partial charge in [-0.3, -0.25) is 0 Å². The molecule has 0 nitrogen and oxygen atoms in total. The zero-order chi connectivity index (χ0) is 26.4. The Hall–Kier alpha value is -2.34. The molecular weight excluding hydrogens is 432 g/mol. The average Bonchev–Trinajstić information content (AvgIpc) is 2.81. The summed E-state index contributed by atoms with van der Waals surface area (Å²) in [6.45, 7) is 20.2. The normalized spacial score (nSPS) is 12.2. The first kappa shape index (κ1) is 28.2. The van der Waals surface area contributed by atoms with Crippen molar-refractivity contribution in [3.05, 3.63) is 110 Å². The summed E-state index contributed by atoms with van der Waals surface area (Å²) in [6, 6.07) is 14.4. The van der Waals surface area contributed by atoms with Crippen LogP contribution in [0, 0.1) is 74.7 Å². The largest absolute Gasteiger partial charge is 0.0558 e. The molecule has 0 aliphatic carbocycles. The SMILES string of the molecule is Cc1cc(CCC[CH]C(CCCc2cc(C)c(C)c(C)c2)Cc2cc(C)c(C)c(C)c2)cc(C)c1C. The van der Waals surface area contributed by atoms with E-state index in [9.17, 15) is 0 Å². The number of benzene rings is 3. The van der Waals surface area contributed by atoms with Gasteiger partial charge in [-0.25, -0.2) is 0 Å². The van der Waals surface area contributed by atoms with Crippen molar-refractivity contribution in [1.82, 2.24) is 0 Å². The molecule has 0 heterocycles. The number of aryl methyl sites for hydroxylation is 8. The third-order valence-electron chi connectivity index (χ3n) is 8.67. The van der Waals surface area contributed by atoms with E-state index < -0.39 is 0 Å². The van der Waals surface area contributed by atoms with E-state index in [1.54, 1.807) is 0 Å². The molecule has 0 aromatic heterocycles. The highest BCUT2D eigenvalue weighted by molar-refractivity contribution is 5.39. The summed E-state index contributed by atoms with van der Waals surface area (Å²) >= 11 is 0. The molecule has 0 aliphatic rings. The van der Waals surface area contributed by atoms with Crippen molar-refractivity contribution < 1.29 is 0 Å². The zero-order valence-corrected chi connectivity index (χ0v) is 24.6. The molecule has 3 aromatic rings. The standard InChI is InChI=1S/C36H49/c1-24-17-34(18-25(2)30(24)7)14-11-10-13-33(23-36-21-28(5)32(9)29(6)22-36)15-12-16-35-19-26(3)31(8)27(4)20-35/h13,17-22,33H,10-12,14-16,23H2,1-9H3. The van der Waals surface area contributed by atoms with Crippen LogP contribution in [0.2, 0.25) is 0 Å². The van der Waals surface area contributed by atoms with Crippen molar-refractivity contribution in [3.63, 3.8) is 0 Å². The quantitative estimate of drug-likeness (QED) is 0.239. The van der Waals surface area contributed by atoms with Gasteiger partial charge in [0, 0.05) is 0 Å². The van der Waals surface area contributed by atoms with E-state index in [4.69, 9.17) is 0 Å². The molecule has 0 aliphatic heterocycles. The molecule has 0 saturated heterocycles. The third-order valence-corrected chi connectivity index (χ3v) is 8.67. The minimum Gasteiger partial charge on any atom is -0.0558 e. The first-order chi connectivity index (χ1) is 17.0. The Morgan fingerprint density at radius 2 is 0.861 bits per heavy atom. The lowest BCUT2D eigenvalue weighted by atomic mass is 9.86. The summed E-state index contributed by atoms with van der Waals surface area (Å²) in [4.78, 5) is 0. The topological polar surface area (TPSA) is 0 Å². The molecule has 0 heteroatoms. The minimum atomic E-state index is 0.639. The summed E-state index contributed by atoms with van der Waals surface area (Å²) in [5.74, 6) is 0.639. The predicted octanol–water partition coefficient (Wildman–Crippen LogP) is 9.87. The molecular formula is C36H49. The van der Waals surface area contributed by atoms with Crippen LogP contribution in [0.25, 0.3) is 0 Å². The van der Waals surface area contributed by atoms with Crippen molar-refractivity contribution >= 4 is 0 Å². The predicted molar refractivity (Wildman–Crippen MR) is 159 cm³/mol. The Balaban J connectivity index is 1.62. The van der Waals surface area contributed by atoms with Gasteiger partial charge in [-0.15, -0.1) is 0 Å². The average molecular weight is 482 g/mol. The van der Waals surface area contributed by atoms with Crippen molar-refractivity contribution in [1.29, 1.82) is 0 Å². The molecule has 36 heavy (non-hydrogen) atoms. The van der Waals surface area contributed by atoms with Crippen molar-refractivity contribution in [2.75, 3.05) is 0 Å². The van der Waals surface area contributed by atoms with Crippen LogP contribution in [-0.4, -0.2) is 0 Å². The van der Waals surface area contributed by atoms with Gasteiger partial charge in [-0.2, -0.15) is 0 Å². The van der Waals surface area contributed by atoms with E-state index in [0.29, 0.717) is 5.92 Å². The van der Waals surface area contributed by atoms with Crippen LogP contribution >= 0.6 is 0 Å². The van der Waals surface area contributed by atoms with Gasteiger partial charge in [-0.05, 0) is 186 Å². The maximum absolute atomic E-state index is 2.64. The van der Waals surface area contributed by atoms with Crippen molar-refractivity contribution in [2.45, 2.75) is 107 Å². The summed E-state index contributed by atoms with van der Waals surface area (Å²) in [7, 11) is 0. The number of hydrogen-bond donors (Lipinski definition) is 0. The molecule has 3 rings (SSSR count). The second-order valence-electron chi connectivity index (χ2n) is 11.5. The highest BCUT2D eigenvalue weighted by atomic mass is 14.2. The van der Waals surface area contributed by atoms with Gasteiger partial charge in [0.2, 0.25) is 0 Å². The molecule has 0 spiro atoms. The summed E-state index contributed by atoms with van der Waals surface area (Å²) in [6.07, 6.45) is 11.1. The summed E-state index contributed by atoms with van der Waals surface area (Å²) in [5, 5.41) is 0. The fraction of sp³-hybridized carbons (Fsp3) is 0.472. The van der Waals surface area contributed by atoms with Gasteiger partial charge in [-0.1, -0.05) is 36.4 Å². The van der Waals surface area contributed by atoms with Crippen molar-refractivity contribution in [3.8, 4) is 0 Å². The Bertz CT molecular complexity index is 1110.